The van der Waals surface area contributed by atoms with Gasteiger partial charge in [0, 0.05) is 29.3 Å². The number of nitrogens with two attached hydrogens (primary N) is 1. The van der Waals surface area contributed by atoms with Gasteiger partial charge in [0.2, 0.25) is 5.91 Å². The molecule has 1 fully saturated rings. The molecule has 1 aliphatic rings. The minimum Gasteiger partial charge on any atom is -0.328 e. The number of hydrogen-bond donors (Lipinski definition) is 2. The molecule has 2 atom stereocenters. The van der Waals surface area contributed by atoms with Crippen molar-refractivity contribution in [1.82, 2.24) is 4.90 Å². The smallest absolute Gasteiger partial charge is 0.238 e. The third kappa shape index (κ3) is 3.95. The minimum atomic E-state index is -0.00214. The van der Waals surface area contributed by atoms with Gasteiger partial charge in [-0.05, 0) is 44.4 Å². The number of hydrogen-bond acceptors (Lipinski definition) is 3. The van der Waals surface area contributed by atoms with Crippen molar-refractivity contribution in [2.75, 3.05) is 18.4 Å². The molecule has 1 aliphatic heterocycles. The Labute approximate surface area is 125 Å². The SMILES string of the molecule is Cc1ccc(Cl)cc1NC(=O)CN1CCC(N)CC1C. The molecule has 5 heteroatoms. The molecule has 0 aliphatic carbocycles. The molecular weight excluding hydrogens is 274 g/mol. The Hall–Kier alpha value is -1.10. The number of carbonyl (C=O) groups is 1. The summed E-state index contributed by atoms with van der Waals surface area (Å²) in [6.45, 7) is 5.36. The van der Waals surface area contributed by atoms with E-state index in [0.29, 0.717) is 17.6 Å². The molecular formula is C15H22ClN3O. The van der Waals surface area contributed by atoms with Gasteiger partial charge in [-0.1, -0.05) is 17.7 Å². The maximum absolute atomic E-state index is 12.1. The summed E-state index contributed by atoms with van der Waals surface area (Å²) in [4.78, 5) is 14.3. The summed E-state index contributed by atoms with van der Waals surface area (Å²) >= 11 is 5.96. The van der Waals surface area contributed by atoms with Crippen molar-refractivity contribution >= 4 is 23.2 Å². The average molecular weight is 296 g/mol. The van der Waals surface area contributed by atoms with Crippen molar-refractivity contribution < 1.29 is 4.79 Å². The van der Waals surface area contributed by atoms with E-state index in [1.165, 1.54) is 0 Å². The van der Waals surface area contributed by atoms with Crippen molar-refractivity contribution in [3.05, 3.63) is 28.8 Å². The van der Waals surface area contributed by atoms with Gasteiger partial charge in [0.15, 0.2) is 0 Å². The summed E-state index contributed by atoms with van der Waals surface area (Å²) in [6, 6.07) is 6.12. The van der Waals surface area contributed by atoms with E-state index in [1.54, 1.807) is 6.07 Å². The van der Waals surface area contributed by atoms with Gasteiger partial charge in [-0.25, -0.2) is 0 Å². The highest BCUT2D eigenvalue weighted by atomic mass is 35.5. The number of rotatable bonds is 3. The second-order valence-corrected chi connectivity index (χ2v) is 6.05. The van der Waals surface area contributed by atoms with E-state index < -0.39 is 0 Å². The maximum Gasteiger partial charge on any atom is 0.238 e. The normalized spacial score (nSPS) is 23.6. The van der Waals surface area contributed by atoms with Gasteiger partial charge in [0.1, 0.15) is 0 Å². The van der Waals surface area contributed by atoms with Crippen LogP contribution >= 0.6 is 11.6 Å². The standard InChI is InChI=1S/C15H22ClN3O/c1-10-3-4-12(16)8-14(10)18-15(20)9-19-6-5-13(17)7-11(19)2/h3-4,8,11,13H,5-7,9,17H2,1-2H3,(H,18,20). The average Bonchev–Trinajstić information content (AvgIpc) is 2.37. The minimum absolute atomic E-state index is 0.00214. The van der Waals surface area contributed by atoms with Gasteiger partial charge in [-0.3, -0.25) is 9.69 Å². The lowest BCUT2D eigenvalue weighted by Crippen LogP contribution is -2.48. The van der Waals surface area contributed by atoms with Crippen molar-refractivity contribution in [2.24, 2.45) is 5.73 Å². The third-order valence-corrected chi connectivity index (χ3v) is 4.11. The summed E-state index contributed by atoms with van der Waals surface area (Å²) in [5.74, 6) is -0.00214. The molecule has 1 saturated heterocycles. The number of nitrogens with one attached hydrogen (secondary N) is 1. The van der Waals surface area contributed by atoms with E-state index in [-0.39, 0.29) is 11.9 Å². The molecule has 1 heterocycles. The van der Waals surface area contributed by atoms with Crippen LogP contribution in [0.2, 0.25) is 5.02 Å². The Bertz CT molecular complexity index is 492. The zero-order valence-electron chi connectivity index (χ0n) is 12.0. The number of benzene rings is 1. The van der Waals surface area contributed by atoms with Gasteiger partial charge in [-0.2, -0.15) is 0 Å². The summed E-state index contributed by atoms with van der Waals surface area (Å²) < 4.78 is 0. The van der Waals surface area contributed by atoms with Crippen molar-refractivity contribution in [3.8, 4) is 0 Å². The second-order valence-electron chi connectivity index (χ2n) is 5.61. The highest BCUT2D eigenvalue weighted by Gasteiger charge is 2.24. The number of piperidine rings is 1. The van der Waals surface area contributed by atoms with E-state index in [0.717, 1.165) is 30.6 Å². The molecule has 4 nitrogen and oxygen atoms in total. The number of aryl methyl sites for hydroxylation is 1. The van der Waals surface area contributed by atoms with Gasteiger partial charge in [0.05, 0.1) is 6.54 Å². The zero-order chi connectivity index (χ0) is 14.7. The van der Waals surface area contributed by atoms with Crippen LogP contribution in [-0.4, -0.2) is 36.0 Å². The van der Waals surface area contributed by atoms with Crippen LogP contribution in [0.15, 0.2) is 18.2 Å². The van der Waals surface area contributed by atoms with Gasteiger partial charge < -0.3 is 11.1 Å². The van der Waals surface area contributed by atoms with Crippen molar-refractivity contribution in [3.63, 3.8) is 0 Å². The molecule has 0 aromatic heterocycles. The van der Waals surface area contributed by atoms with Crippen LogP contribution in [0.4, 0.5) is 5.69 Å². The van der Waals surface area contributed by atoms with E-state index in [9.17, 15) is 4.79 Å². The Balaban J connectivity index is 1.94. The number of anilines is 1. The summed E-state index contributed by atoms with van der Waals surface area (Å²) in [7, 11) is 0. The summed E-state index contributed by atoms with van der Waals surface area (Å²) in [5.41, 5.74) is 7.73. The molecule has 0 radical (unpaired) electrons. The molecule has 0 saturated carbocycles. The highest BCUT2D eigenvalue weighted by molar-refractivity contribution is 6.31. The Morgan fingerprint density at radius 3 is 3.00 bits per heavy atom. The van der Waals surface area contributed by atoms with Gasteiger partial charge in [-0.15, -0.1) is 0 Å². The molecule has 2 unspecified atom stereocenters. The van der Waals surface area contributed by atoms with E-state index in [1.807, 2.05) is 19.1 Å². The van der Waals surface area contributed by atoms with Crippen LogP contribution in [-0.2, 0) is 4.79 Å². The Morgan fingerprint density at radius 1 is 1.55 bits per heavy atom. The van der Waals surface area contributed by atoms with Crippen LogP contribution in [0.3, 0.4) is 0 Å². The van der Waals surface area contributed by atoms with Crippen LogP contribution < -0.4 is 11.1 Å². The first-order valence-electron chi connectivity index (χ1n) is 7.01. The maximum atomic E-state index is 12.1. The number of halogens is 1. The lowest BCUT2D eigenvalue weighted by Gasteiger charge is -2.35. The van der Waals surface area contributed by atoms with Crippen LogP contribution in [0.25, 0.3) is 0 Å². The van der Waals surface area contributed by atoms with E-state index in [4.69, 9.17) is 17.3 Å². The van der Waals surface area contributed by atoms with E-state index >= 15 is 0 Å². The molecule has 3 N–H and O–H groups in total. The highest BCUT2D eigenvalue weighted by Crippen LogP contribution is 2.21. The van der Waals surface area contributed by atoms with Crippen molar-refractivity contribution in [1.29, 1.82) is 0 Å². The molecule has 110 valence electrons. The van der Waals surface area contributed by atoms with Crippen LogP contribution in [0, 0.1) is 6.92 Å². The van der Waals surface area contributed by atoms with Crippen molar-refractivity contribution in [2.45, 2.75) is 38.8 Å². The lowest BCUT2D eigenvalue weighted by atomic mass is 9.99. The number of amides is 1. The quantitative estimate of drug-likeness (QED) is 0.900. The topological polar surface area (TPSA) is 58.4 Å². The predicted molar refractivity (Wildman–Crippen MR) is 83.1 cm³/mol. The fraction of sp³-hybridized carbons (Fsp3) is 0.533. The fourth-order valence-corrected chi connectivity index (χ4v) is 2.77. The van der Waals surface area contributed by atoms with Crippen LogP contribution in [0.1, 0.15) is 25.3 Å². The first-order valence-corrected chi connectivity index (χ1v) is 7.39. The third-order valence-electron chi connectivity index (χ3n) is 3.87. The first-order chi connectivity index (χ1) is 9.45. The number of nitrogens with zero attached hydrogens (tertiary/aromatic N) is 1. The zero-order valence-corrected chi connectivity index (χ0v) is 12.8. The first kappa shape index (κ1) is 15.3. The Kier molecular flexibility index (Phi) is 5.02. The van der Waals surface area contributed by atoms with Crippen LogP contribution in [0.5, 0.6) is 0 Å². The molecule has 2 rings (SSSR count). The van der Waals surface area contributed by atoms with E-state index in [2.05, 4.69) is 17.1 Å². The fourth-order valence-electron chi connectivity index (χ4n) is 2.60. The summed E-state index contributed by atoms with van der Waals surface area (Å²) in [6.07, 6.45) is 1.90. The second kappa shape index (κ2) is 6.57. The molecule has 1 aromatic rings. The van der Waals surface area contributed by atoms with Gasteiger partial charge in [0.25, 0.3) is 0 Å². The largest absolute Gasteiger partial charge is 0.328 e. The monoisotopic (exact) mass is 295 g/mol. The Morgan fingerprint density at radius 2 is 2.30 bits per heavy atom. The number of carbonyl (C=O) groups excluding carboxylic acids is 1. The number of likely N-dealkylation sites (tertiary alicyclic amines) is 1. The molecule has 0 bridgehead atoms. The summed E-state index contributed by atoms with van der Waals surface area (Å²) in [5, 5.41) is 3.56. The molecule has 20 heavy (non-hydrogen) atoms. The molecule has 1 aromatic carbocycles. The predicted octanol–water partition coefficient (Wildman–Crippen LogP) is 2.40. The molecule has 0 spiro atoms. The molecule has 1 amide bonds. The lowest BCUT2D eigenvalue weighted by molar-refractivity contribution is -0.118. The van der Waals surface area contributed by atoms with Gasteiger partial charge >= 0.3 is 0 Å².